The lowest BCUT2D eigenvalue weighted by Gasteiger charge is -1.88. The van der Waals surface area contributed by atoms with E-state index in [-0.39, 0.29) is 0 Å². The third-order valence-electron chi connectivity index (χ3n) is 1.88. The Morgan fingerprint density at radius 2 is 1.47 bits per heavy atom. The molecule has 2 rings (SSSR count). The van der Waals surface area contributed by atoms with Crippen LogP contribution in [0.5, 0.6) is 0 Å². The van der Waals surface area contributed by atoms with Gasteiger partial charge in [-0.15, -0.1) is 11.6 Å². The van der Waals surface area contributed by atoms with Crippen LogP contribution in [0.25, 0.3) is 0 Å². The SMILES string of the molecule is ClCc1ccccc1.Fc1ccc(F)c(F)c1. The van der Waals surface area contributed by atoms with Crippen LogP contribution in [0.15, 0.2) is 48.5 Å². The zero-order valence-electron chi connectivity index (χ0n) is 8.84. The van der Waals surface area contributed by atoms with E-state index in [1.807, 2.05) is 30.3 Å². The maximum absolute atomic E-state index is 12.0. The molecule has 0 N–H and O–H groups in total. The summed E-state index contributed by atoms with van der Waals surface area (Å²) in [5.74, 6) is -2.35. The van der Waals surface area contributed by atoms with Gasteiger partial charge < -0.3 is 0 Å². The van der Waals surface area contributed by atoms with E-state index >= 15 is 0 Å². The monoisotopic (exact) mass is 258 g/mol. The Hall–Kier alpha value is -1.48. The van der Waals surface area contributed by atoms with E-state index in [0.29, 0.717) is 11.9 Å². The van der Waals surface area contributed by atoms with Crippen molar-refractivity contribution in [1.82, 2.24) is 0 Å². The Morgan fingerprint density at radius 3 is 1.88 bits per heavy atom. The molecule has 0 nitrogen and oxygen atoms in total. The van der Waals surface area contributed by atoms with Crippen LogP contribution in [-0.2, 0) is 5.88 Å². The van der Waals surface area contributed by atoms with E-state index in [4.69, 9.17) is 11.6 Å². The number of halogens is 4. The molecule has 0 radical (unpaired) electrons. The van der Waals surface area contributed by atoms with Crippen molar-refractivity contribution < 1.29 is 13.2 Å². The highest BCUT2D eigenvalue weighted by atomic mass is 35.5. The van der Waals surface area contributed by atoms with Crippen LogP contribution in [-0.4, -0.2) is 0 Å². The van der Waals surface area contributed by atoms with Gasteiger partial charge in [0.05, 0.1) is 0 Å². The van der Waals surface area contributed by atoms with Gasteiger partial charge in [-0.3, -0.25) is 0 Å². The molecule has 4 heteroatoms. The third kappa shape index (κ3) is 4.91. The molecule has 0 unspecified atom stereocenters. The average Bonchev–Trinajstić information content (AvgIpc) is 2.36. The highest BCUT2D eigenvalue weighted by Crippen LogP contribution is 2.06. The van der Waals surface area contributed by atoms with Crippen LogP contribution in [0.2, 0.25) is 0 Å². The molecule has 0 bridgehead atoms. The summed E-state index contributed by atoms with van der Waals surface area (Å²) in [6, 6.07) is 12.1. The Labute approximate surface area is 103 Å². The Bertz CT molecular complexity index is 457. The molecule has 0 amide bonds. The van der Waals surface area contributed by atoms with Gasteiger partial charge in [-0.25, -0.2) is 13.2 Å². The molecular weight excluding hydrogens is 249 g/mol. The minimum Gasteiger partial charge on any atom is -0.207 e. The molecule has 2 aromatic carbocycles. The normalized spacial score (nSPS) is 9.41. The van der Waals surface area contributed by atoms with Gasteiger partial charge in [0.25, 0.3) is 0 Å². The van der Waals surface area contributed by atoms with Crippen LogP contribution in [0, 0.1) is 17.5 Å². The lowest BCUT2D eigenvalue weighted by molar-refractivity contribution is 0.495. The van der Waals surface area contributed by atoms with Crippen LogP contribution in [0.1, 0.15) is 5.56 Å². The number of hydrogen-bond donors (Lipinski definition) is 0. The quantitative estimate of drug-likeness (QED) is 0.521. The predicted molar refractivity (Wildman–Crippen MR) is 62.3 cm³/mol. The molecule has 0 saturated carbocycles. The molecule has 0 saturated heterocycles. The Morgan fingerprint density at radius 1 is 0.824 bits per heavy atom. The van der Waals surface area contributed by atoms with E-state index in [1.165, 1.54) is 5.56 Å². The highest BCUT2D eigenvalue weighted by molar-refractivity contribution is 6.17. The second-order valence-electron chi connectivity index (χ2n) is 3.18. The van der Waals surface area contributed by atoms with Gasteiger partial charge in [-0.05, 0) is 17.7 Å². The van der Waals surface area contributed by atoms with Gasteiger partial charge in [-0.2, -0.15) is 0 Å². The van der Waals surface area contributed by atoms with E-state index in [0.717, 1.165) is 12.1 Å². The second-order valence-corrected chi connectivity index (χ2v) is 3.44. The average molecular weight is 259 g/mol. The topological polar surface area (TPSA) is 0 Å². The molecule has 0 spiro atoms. The maximum Gasteiger partial charge on any atom is 0.161 e. The summed E-state index contributed by atoms with van der Waals surface area (Å²) in [6.45, 7) is 0. The summed E-state index contributed by atoms with van der Waals surface area (Å²) in [4.78, 5) is 0. The maximum atomic E-state index is 12.0. The standard InChI is InChI=1S/C7H7Cl.C6H3F3/c8-6-7-4-2-1-3-5-7;7-4-1-2-5(8)6(9)3-4/h1-5H,6H2;1-3H. The molecule has 0 atom stereocenters. The Kier molecular flexibility index (Phi) is 5.57. The molecule has 90 valence electrons. The van der Waals surface area contributed by atoms with Crippen LogP contribution in [0.4, 0.5) is 13.2 Å². The number of hydrogen-bond acceptors (Lipinski definition) is 0. The first-order valence-electron chi connectivity index (χ1n) is 4.84. The molecule has 17 heavy (non-hydrogen) atoms. The molecule has 0 aromatic heterocycles. The zero-order chi connectivity index (χ0) is 12.7. The fourth-order valence-electron chi connectivity index (χ4n) is 1.04. The molecule has 2 aromatic rings. The van der Waals surface area contributed by atoms with Crippen molar-refractivity contribution in [3.63, 3.8) is 0 Å². The number of benzene rings is 2. The van der Waals surface area contributed by atoms with E-state index in [9.17, 15) is 13.2 Å². The molecule has 0 fully saturated rings. The molecular formula is C13H10ClF3. The second kappa shape index (κ2) is 6.97. The molecule has 0 aliphatic carbocycles. The van der Waals surface area contributed by atoms with Gasteiger partial charge in [0.15, 0.2) is 11.6 Å². The Balaban J connectivity index is 0.000000171. The third-order valence-corrected chi connectivity index (χ3v) is 2.19. The molecule has 0 aliphatic heterocycles. The first kappa shape index (κ1) is 13.6. The van der Waals surface area contributed by atoms with Crippen LogP contribution in [0.3, 0.4) is 0 Å². The van der Waals surface area contributed by atoms with Crippen molar-refractivity contribution in [1.29, 1.82) is 0 Å². The largest absolute Gasteiger partial charge is 0.207 e. The van der Waals surface area contributed by atoms with Crippen molar-refractivity contribution in [2.75, 3.05) is 0 Å². The van der Waals surface area contributed by atoms with Crippen LogP contribution >= 0.6 is 11.6 Å². The van der Waals surface area contributed by atoms with Crippen molar-refractivity contribution >= 4 is 11.6 Å². The van der Waals surface area contributed by atoms with Gasteiger partial charge in [0.1, 0.15) is 5.82 Å². The minimum atomic E-state index is -1.16. The minimum absolute atomic E-state index is 0.495. The van der Waals surface area contributed by atoms with Crippen molar-refractivity contribution in [2.24, 2.45) is 0 Å². The predicted octanol–water partition coefficient (Wildman–Crippen LogP) is 4.53. The highest BCUT2D eigenvalue weighted by Gasteiger charge is 1.99. The van der Waals surface area contributed by atoms with Crippen molar-refractivity contribution in [3.05, 3.63) is 71.5 Å². The smallest absolute Gasteiger partial charge is 0.161 e. The van der Waals surface area contributed by atoms with Crippen molar-refractivity contribution in [3.8, 4) is 0 Å². The first-order chi connectivity index (χ1) is 8.13. The van der Waals surface area contributed by atoms with Gasteiger partial charge in [-0.1, -0.05) is 30.3 Å². The lowest BCUT2D eigenvalue weighted by atomic mass is 10.2. The van der Waals surface area contributed by atoms with Crippen LogP contribution < -0.4 is 0 Å². The fourth-order valence-corrected chi connectivity index (χ4v) is 1.22. The number of alkyl halides is 1. The summed E-state index contributed by atoms with van der Waals surface area (Å²) in [7, 11) is 0. The summed E-state index contributed by atoms with van der Waals surface area (Å²) < 4.78 is 35.9. The fraction of sp³-hybridized carbons (Fsp3) is 0.0769. The van der Waals surface area contributed by atoms with E-state index in [2.05, 4.69) is 0 Å². The number of rotatable bonds is 1. The first-order valence-corrected chi connectivity index (χ1v) is 5.37. The molecule has 0 aliphatic rings. The van der Waals surface area contributed by atoms with E-state index < -0.39 is 17.5 Å². The van der Waals surface area contributed by atoms with Gasteiger partial charge >= 0.3 is 0 Å². The lowest BCUT2D eigenvalue weighted by Crippen LogP contribution is -1.83. The van der Waals surface area contributed by atoms with Gasteiger partial charge in [0, 0.05) is 11.9 Å². The van der Waals surface area contributed by atoms with Crippen molar-refractivity contribution in [2.45, 2.75) is 5.88 Å². The summed E-state index contributed by atoms with van der Waals surface area (Å²) in [6.07, 6.45) is 0. The summed E-state index contributed by atoms with van der Waals surface area (Å²) >= 11 is 5.53. The van der Waals surface area contributed by atoms with E-state index in [1.54, 1.807) is 0 Å². The summed E-state index contributed by atoms with van der Waals surface area (Å²) in [5, 5.41) is 0. The zero-order valence-corrected chi connectivity index (χ0v) is 9.59. The van der Waals surface area contributed by atoms with Gasteiger partial charge in [0.2, 0.25) is 0 Å². The molecule has 0 heterocycles. The summed E-state index contributed by atoms with van der Waals surface area (Å²) in [5.41, 5.74) is 1.18.